The molecular weight excluding hydrogens is 264 g/mol. The van der Waals surface area contributed by atoms with Crippen molar-refractivity contribution in [3.8, 4) is 0 Å². The second-order valence-corrected chi connectivity index (χ2v) is 6.04. The Morgan fingerprint density at radius 1 is 1.38 bits per heavy atom. The quantitative estimate of drug-likeness (QED) is 0.744. The van der Waals surface area contributed by atoms with Gasteiger partial charge in [0.25, 0.3) is 0 Å². The molecule has 0 spiro atoms. The van der Waals surface area contributed by atoms with Gasteiger partial charge in [0.15, 0.2) is 5.76 Å². The Morgan fingerprint density at radius 3 is 2.81 bits per heavy atom. The minimum absolute atomic E-state index is 0.666. The van der Waals surface area contributed by atoms with Gasteiger partial charge in [-0.25, -0.2) is 0 Å². The van der Waals surface area contributed by atoms with E-state index in [0.29, 0.717) is 6.04 Å². The Kier molecular flexibility index (Phi) is 6.67. The van der Waals surface area contributed by atoms with Crippen molar-refractivity contribution in [1.29, 1.82) is 0 Å². The van der Waals surface area contributed by atoms with Crippen LogP contribution in [0.1, 0.15) is 44.6 Å². The zero-order valence-electron chi connectivity index (χ0n) is 13.8. The van der Waals surface area contributed by atoms with E-state index in [1.165, 1.54) is 32.5 Å². The van der Waals surface area contributed by atoms with Crippen LogP contribution in [0, 0.1) is 0 Å². The molecule has 0 saturated carbocycles. The third kappa shape index (κ3) is 5.09. The smallest absolute Gasteiger partial charge is 0.151 e. The topological polar surface area (TPSA) is 44.5 Å². The van der Waals surface area contributed by atoms with Crippen molar-refractivity contribution in [1.82, 2.24) is 20.3 Å². The second kappa shape index (κ2) is 8.51. The molecular formula is C16H30N4O. The van der Waals surface area contributed by atoms with E-state index in [2.05, 4.69) is 47.2 Å². The van der Waals surface area contributed by atoms with Crippen LogP contribution in [0.25, 0.3) is 0 Å². The van der Waals surface area contributed by atoms with Crippen molar-refractivity contribution in [3.05, 3.63) is 17.5 Å². The second-order valence-electron chi connectivity index (χ2n) is 6.04. The molecule has 1 aromatic rings. The summed E-state index contributed by atoms with van der Waals surface area (Å²) in [7, 11) is 2.20. The van der Waals surface area contributed by atoms with E-state index < -0.39 is 0 Å². The fourth-order valence-electron chi connectivity index (χ4n) is 2.96. The van der Waals surface area contributed by atoms with Crippen LogP contribution in [0.5, 0.6) is 0 Å². The van der Waals surface area contributed by atoms with Gasteiger partial charge in [0.2, 0.25) is 0 Å². The zero-order valence-corrected chi connectivity index (χ0v) is 13.8. The van der Waals surface area contributed by atoms with Gasteiger partial charge in [0.05, 0.1) is 12.2 Å². The van der Waals surface area contributed by atoms with Gasteiger partial charge >= 0.3 is 0 Å². The first-order valence-corrected chi connectivity index (χ1v) is 8.30. The Bertz CT molecular complexity index is 399. The van der Waals surface area contributed by atoms with Crippen molar-refractivity contribution >= 4 is 0 Å². The van der Waals surface area contributed by atoms with Crippen molar-refractivity contribution in [3.63, 3.8) is 0 Å². The Balaban J connectivity index is 1.76. The van der Waals surface area contributed by atoms with Gasteiger partial charge in [0.1, 0.15) is 0 Å². The number of rotatable bonds is 8. The molecule has 21 heavy (non-hydrogen) atoms. The van der Waals surface area contributed by atoms with Gasteiger partial charge in [-0.15, -0.1) is 0 Å². The monoisotopic (exact) mass is 294 g/mol. The van der Waals surface area contributed by atoms with E-state index >= 15 is 0 Å². The molecule has 1 N–H and O–H groups in total. The first kappa shape index (κ1) is 16.5. The van der Waals surface area contributed by atoms with Gasteiger partial charge in [-0.3, -0.25) is 4.90 Å². The standard InChI is InChI=1S/C16H30N4O/c1-4-8-17-12-14-11-16(21-18-14)13-19(3)15-6-9-20(5-2)10-7-15/h11,15,17H,4-10,12-13H2,1-3H3. The van der Waals surface area contributed by atoms with Crippen LogP contribution >= 0.6 is 0 Å². The van der Waals surface area contributed by atoms with E-state index in [-0.39, 0.29) is 0 Å². The summed E-state index contributed by atoms with van der Waals surface area (Å²) in [4.78, 5) is 4.94. The molecule has 1 saturated heterocycles. The average Bonchev–Trinajstić information content (AvgIpc) is 2.95. The first-order chi connectivity index (χ1) is 10.2. The van der Waals surface area contributed by atoms with E-state index in [1.807, 2.05) is 0 Å². The molecule has 1 aromatic heterocycles. The number of likely N-dealkylation sites (tertiary alicyclic amines) is 1. The minimum atomic E-state index is 0.666. The molecule has 0 aliphatic carbocycles. The molecule has 1 aliphatic heterocycles. The lowest BCUT2D eigenvalue weighted by Gasteiger charge is -2.35. The molecule has 120 valence electrons. The molecule has 5 nitrogen and oxygen atoms in total. The largest absolute Gasteiger partial charge is 0.360 e. The zero-order chi connectivity index (χ0) is 15.1. The fourth-order valence-corrected chi connectivity index (χ4v) is 2.96. The van der Waals surface area contributed by atoms with Gasteiger partial charge < -0.3 is 14.7 Å². The van der Waals surface area contributed by atoms with E-state index in [4.69, 9.17) is 4.52 Å². The minimum Gasteiger partial charge on any atom is -0.360 e. The molecule has 1 fully saturated rings. The SMILES string of the molecule is CCCNCc1cc(CN(C)C2CCN(CC)CC2)on1. The lowest BCUT2D eigenvalue weighted by molar-refractivity contribution is 0.119. The van der Waals surface area contributed by atoms with Crippen molar-refractivity contribution in [2.75, 3.05) is 33.2 Å². The van der Waals surface area contributed by atoms with Crippen LogP contribution in [-0.4, -0.2) is 54.2 Å². The van der Waals surface area contributed by atoms with E-state index in [0.717, 1.165) is 37.5 Å². The van der Waals surface area contributed by atoms with Crippen LogP contribution in [-0.2, 0) is 13.1 Å². The Hall–Kier alpha value is -0.910. The van der Waals surface area contributed by atoms with Crippen molar-refractivity contribution in [2.45, 2.75) is 52.2 Å². The summed E-state index contributed by atoms with van der Waals surface area (Å²) in [6.07, 6.45) is 3.65. The first-order valence-electron chi connectivity index (χ1n) is 8.30. The molecule has 5 heteroatoms. The highest BCUT2D eigenvalue weighted by molar-refractivity contribution is 5.05. The predicted octanol–water partition coefficient (Wildman–Crippen LogP) is 2.09. The van der Waals surface area contributed by atoms with Crippen LogP contribution in [0.4, 0.5) is 0 Å². The summed E-state index contributed by atoms with van der Waals surface area (Å²) in [5.74, 6) is 0.976. The van der Waals surface area contributed by atoms with Crippen molar-refractivity contribution < 1.29 is 4.52 Å². The van der Waals surface area contributed by atoms with Gasteiger partial charge in [-0.05, 0) is 52.5 Å². The maximum atomic E-state index is 5.46. The highest BCUT2D eigenvalue weighted by Crippen LogP contribution is 2.17. The van der Waals surface area contributed by atoms with Crippen LogP contribution in [0.3, 0.4) is 0 Å². The summed E-state index contributed by atoms with van der Waals surface area (Å²) in [6, 6.07) is 2.75. The number of hydrogen-bond donors (Lipinski definition) is 1. The lowest BCUT2D eigenvalue weighted by Crippen LogP contribution is -2.42. The highest BCUT2D eigenvalue weighted by atomic mass is 16.5. The predicted molar refractivity (Wildman–Crippen MR) is 85.1 cm³/mol. The number of nitrogens with zero attached hydrogens (tertiary/aromatic N) is 3. The van der Waals surface area contributed by atoms with Crippen LogP contribution < -0.4 is 5.32 Å². The maximum Gasteiger partial charge on any atom is 0.151 e. The molecule has 0 radical (unpaired) electrons. The molecule has 0 aromatic carbocycles. The Labute approximate surface area is 128 Å². The van der Waals surface area contributed by atoms with E-state index in [9.17, 15) is 0 Å². The number of piperidine rings is 1. The number of aromatic nitrogens is 1. The lowest BCUT2D eigenvalue weighted by atomic mass is 10.0. The third-order valence-corrected chi connectivity index (χ3v) is 4.37. The average molecular weight is 294 g/mol. The molecule has 0 atom stereocenters. The van der Waals surface area contributed by atoms with Gasteiger partial charge in [-0.2, -0.15) is 0 Å². The summed E-state index contributed by atoms with van der Waals surface area (Å²) in [5.41, 5.74) is 1.01. The number of hydrogen-bond acceptors (Lipinski definition) is 5. The third-order valence-electron chi connectivity index (χ3n) is 4.37. The molecule has 0 amide bonds. The molecule has 2 rings (SSSR count). The number of nitrogens with one attached hydrogen (secondary N) is 1. The van der Waals surface area contributed by atoms with Crippen LogP contribution in [0.15, 0.2) is 10.6 Å². The fraction of sp³-hybridized carbons (Fsp3) is 0.812. The highest BCUT2D eigenvalue weighted by Gasteiger charge is 2.22. The van der Waals surface area contributed by atoms with Crippen LogP contribution in [0.2, 0.25) is 0 Å². The summed E-state index contributed by atoms with van der Waals surface area (Å²) in [6.45, 7) is 10.7. The molecule has 1 aliphatic rings. The molecule has 0 bridgehead atoms. The normalized spacial score (nSPS) is 17.7. The van der Waals surface area contributed by atoms with E-state index in [1.54, 1.807) is 0 Å². The molecule has 0 unspecified atom stereocenters. The Morgan fingerprint density at radius 2 is 2.14 bits per heavy atom. The maximum absolute atomic E-state index is 5.46. The summed E-state index contributed by atoms with van der Waals surface area (Å²) < 4.78 is 5.46. The van der Waals surface area contributed by atoms with Gasteiger partial charge in [0, 0.05) is 18.7 Å². The van der Waals surface area contributed by atoms with Gasteiger partial charge in [-0.1, -0.05) is 19.0 Å². The summed E-state index contributed by atoms with van der Waals surface area (Å²) in [5, 5.41) is 7.49. The summed E-state index contributed by atoms with van der Waals surface area (Å²) >= 11 is 0. The molecule has 2 heterocycles. The van der Waals surface area contributed by atoms with Crippen molar-refractivity contribution in [2.24, 2.45) is 0 Å².